The van der Waals surface area contributed by atoms with E-state index < -0.39 is 6.04 Å². The zero-order chi connectivity index (χ0) is 23.9. The summed E-state index contributed by atoms with van der Waals surface area (Å²) in [5.74, 6) is 0.0202. The molecule has 1 aromatic heterocycles. The second kappa shape index (κ2) is 11.7. The van der Waals surface area contributed by atoms with Gasteiger partial charge in [-0.15, -0.1) is 11.3 Å². The first kappa shape index (κ1) is 24.5. The minimum atomic E-state index is -0.557. The summed E-state index contributed by atoms with van der Waals surface area (Å²) < 4.78 is 0. The van der Waals surface area contributed by atoms with Crippen LogP contribution in [-0.4, -0.2) is 58.3 Å². The van der Waals surface area contributed by atoms with Crippen molar-refractivity contribution in [2.45, 2.75) is 51.1 Å². The molecule has 1 saturated heterocycles. The molecule has 34 heavy (non-hydrogen) atoms. The van der Waals surface area contributed by atoms with Crippen LogP contribution in [0, 0.1) is 5.92 Å². The third kappa shape index (κ3) is 6.48. The number of hydrogen-bond donors (Lipinski definition) is 2. The van der Waals surface area contributed by atoms with Crippen LogP contribution < -0.4 is 10.6 Å². The minimum absolute atomic E-state index is 0.0435. The molecule has 2 fully saturated rings. The van der Waals surface area contributed by atoms with E-state index in [-0.39, 0.29) is 24.4 Å². The Morgan fingerprint density at radius 2 is 1.91 bits per heavy atom. The van der Waals surface area contributed by atoms with Crippen molar-refractivity contribution in [1.82, 2.24) is 20.1 Å². The lowest BCUT2D eigenvalue weighted by Gasteiger charge is -2.39. The van der Waals surface area contributed by atoms with E-state index >= 15 is 0 Å². The third-order valence-corrected chi connectivity index (χ3v) is 7.46. The summed E-state index contributed by atoms with van der Waals surface area (Å²) in [6, 6.07) is 6.40. The van der Waals surface area contributed by atoms with E-state index in [9.17, 15) is 14.4 Å². The molecule has 2 N–H and O–H groups in total. The van der Waals surface area contributed by atoms with Crippen molar-refractivity contribution >= 4 is 45.9 Å². The van der Waals surface area contributed by atoms with E-state index in [0.717, 1.165) is 18.4 Å². The maximum atomic E-state index is 13.2. The molecular weight excluding hydrogens is 474 g/mol. The van der Waals surface area contributed by atoms with Gasteiger partial charge >= 0.3 is 6.03 Å². The smallest absolute Gasteiger partial charge is 0.318 e. The molecule has 4 rings (SSSR count). The van der Waals surface area contributed by atoms with Gasteiger partial charge in [0, 0.05) is 36.2 Å². The molecule has 1 saturated carbocycles. The van der Waals surface area contributed by atoms with Gasteiger partial charge in [-0.1, -0.05) is 55.8 Å². The van der Waals surface area contributed by atoms with Crippen molar-refractivity contribution in [2.24, 2.45) is 5.92 Å². The molecule has 1 aromatic carbocycles. The largest absolute Gasteiger partial charge is 0.334 e. The van der Waals surface area contributed by atoms with Gasteiger partial charge in [0.15, 0.2) is 5.13 Å². The summed E-state index contributed by atoms with van der Waals surface area (Å²) in [6.45, 7) is 1.02. The van der Waals surface area contributed by atoms with Gasteiger partial charge in [0.05, 0.1) is 0 Å². The number of urea groups is 1. The molecule has 8 nitrogen and oxygen atoms in total. The Balaban J connectivity index is 1.37. The fourth-order valence-corrected chi connectivity index (χ4v) is 5.33. The fourth-order valence-electron chi connectivity index (χ4n) is 4.67. The number of nitrogens with zero attached hydrogens (tertiary/aromatic N) is 3. The Morgan fingerprint density at radius 3 is 2.59 bits per heavy atom. The monoisotopic (exact) mass is 503 g/mol. The fraction of sp³-hybridized carbons (Fsp3) is 0.500. The molecule has 2 heterocycles. The number of benzene rings is 1. The Hall–Kier alpha value is -2.65. The van der Waals surface area contributed by atoms with Crippen LogP contribution >= 0.6 is 22.9 Å². The number of hydrogen-bond acceptors (Lipinski definition) is 5. The van der Waals surface area contributed by atoms with Crippen molar-refractivity contribution in [3.05, 3.63) is 46.4 Å². The second-order valence-corrected chi connectivity index (χ2v) is 10.2. The minimum Gasteiger partial charge on any atom is -0.334 e. The van der Waals surface area contributed by atoms with Crippen molar-refractivity contribution in [1.29, 1.82) is 0 Å². The zero-order valence-electron chi connectivity index (χ0n) is 19.0. The van der Waals surface area contributed by atoms with Gasteiger partial charge in [0.1, 0.15) is 12.6 Å². The predicted octanol–water partition coefficient (Wildman–Crippen LogP) is 4.13. The van der Waals surface area contributed by atoms with Crippen molar-refractivity contribution in [2.75, 3.05) is 25.0 Å². The van der Waals surface area contributed by atoms with Crippen LogP contribution in [0.15, 0.2) is 35.8 Å². The van der Waals surface area contributed by atoms with Crippen LogP contribution in [0.4, 0.5) is 9.93 Å². The number of piperazine rings is 1. The number of rotatable bonds is 7. The topological polar surface area (TPSA) is 94.6 Å². The van der Waals surface area contributed by atoms with Crippen LogP contribution in [0.5, 0.6) is 0 Å². The van der Waals surface area contributed by atoms with Gasteiger partial charge in [-0.05, 0) is 30.0 Å². The second-order valence-electron chi connectivity index (χ2n) is 8.88. The van der Waals surface area contributed by atoms with Crippen molar-refractivity contribution in [3.63, 3.8) is 0 Å². The quantitative estimate of drug-likeness (QED) is 0.594. The third-order valence-electron chi connectivity index (χ3n) is 6.52. The molecule has 1 atom stereocenters. The average molecular weight is 504 g/mol. The van der Waals surface area contributed by atoms with Crippen molar-refractivity contribution < 1.29 is 14.4 Å². The van der Waals surface area contributed by atoms with E-state index in [1.807, 2.05) is 12.1 Å². The number of amides is 4. The number of carbonyl (C=O) groups excluding carboxylic acids is 3. The first-order chi connectivity index (χ1) is 16.5. The molecule has 1 aliphatic heterocycles. The molecular formula is C24H30ClN5O3S. The predicted molar refractivity (Wildman–Crippen MR) is 133 cm³/mol. The molecule has 0 radical (unpaired) electrons. The van der Waals surface area contributed by atoms with Gasteiger partial charge in [-0.3, -0.25) is 9.59 Å². The zero-order valence-corrected chi connectivity index (χ0v) is 20.6. The van der Waals surface area contributed by atoms with E-state index in [0.29, 0.717) is 42.1 Å². The lowest BCUT2D eigenvalue weighted by molar-refractivity contribution is -0.142. The van der Waals surface area contributed by atoms with Crippen LogP contribution in [-0.2, 0) is 16.1 Å². The normalized spacial score (nSPS) is 18.0. The Morgan fingerprint density at radius 1 is 1.15 bits per heavy atom. The molecule has 4 amide bonds. The number of halogens is 1. The number of nitrogens with one attached hydrogen (secondary N) is 2. The maximum absolute atomic E-state index is 13.2. The number of thiazole rings is 1. The maximum Gasteiger partial charge on any atom is 0.318 e. The van der Waals surface area contributed by atoms with E-state index in [4.69, 9.17) is 11.6 Å². The molecule has 1 aliphatic carbocycles. The van der Waals surface area contributed by atoms with Gasteiger partial charge < -0.3 is 20.4 Å². The summed E-state index contributed by atoms with van der Waals surface area (Å²) in [5, 5.41) is 8.71. The SMILES string of the molecule is O=C(Nc1nccs1)C(CC1CCCCC1)N1CCN(C(=O)NCc2ccc(Cl)cc2)CC1=O. The first-order valence-electron chi connectivity index (χ1n) is 11.8. The lowest BCUT2D eigenvalue weighted by atomic mass is 9.84. The van der Waals surface area contributed by atoms with Gasteiger partial charge in [-0.2, -0.15) is 0 Å². The molecule has 182 valence electrons. The lowest BCUT2D eigenvalue weighted by Crippen LogP contribution is -2.59. The summed E-state index contributed by atoms with van der Waals surface area (Å²) in [7, 11) is 0. The van der Waals surface area contributed by atoms with E-state index in [1.165, 1.54) is 35.5 Å². The molecule has 0 bridgehead atoms. The van der Waals surface area contributed by atoms with Gasteiger partial charge in [-0.25, -0.2) is 9.78 Å². The van der Waals surface area contributed by atoms with E-state index in [2.05, 4.69) is 15.6 Å². The number of carbonyl (C=O) groups is 3. The van der Waals surface area contributed by atoms with Gasteiger partial charge in [0.2, 0.25) is 11.8 Å². The summed E-state index contributed by atoms with van der Waals surface area (Å²) in [5.41, 5.74) is 0.925. The Kier molecular flexibility index (Phi) is 8.39. The molecule has 10 heteroatoms. The van der Waals surface area contributed by atoms with Crippen LogP contribution in [0.2, 0.25) is 5.02 Å². The first-order valence-corrected chi connectivity index (χ1v) is 13.0. The highest BCUT2D eigenvalue weighted by Crippen LogP contribution is 2.30. The highest BCUT2D eigenvalue weighted by molar-refractivity contribution is 7.13. The molecule has 1 unspecified atom stereocenters. The standard InChI is InChI=1S/C24H30ClN5O3S/c25-19-8-6-18(7-9-19)15-27-24(33)29-11-12-30(21(31)16-29)20(14-17-4-2-1-3-5-17)22(32)28-23-26-10-13-34-23/h6-10,13,17,20H,1-5,11-12,14-16H2,(H,27,33)(H,26,28,32). The highest BCUT2D eigenvalue weighted by atomic mass is 35.5. The Labute approximate surface area is 208 Å². The van der Waals surface area contributed by atoms with E-state index in [1.54, 1.807) is 28.6 Å². The number of aromatic nitrogens is 1. The van der Waals surface area contributed by atoms with Crippen LogP contribution in [0.25, 0.3) is 0 Å². The summed E-state index contributed by atoms with van der Waals surface area (Å²) in [6.07, 6.45) is 8.02. The molecule has 2 aliphatic rings. The highest BCUT2D eigenvalue weighted by Gasteiger charge is 2.37. The summed E-state index contributed by atoms with van der Waals surface area (Å²) >= 11 is 7.26. The summed E-state index contributed by atoms with van der Waals surface area (Å²) in [4.78, 5) is 46.3. The molecule has 0 spiro atoms. The Bertz CT molecular complexity index is 979. The van der Waals surface area contributed by atoms with Crippen LogP contribution in [0.1, 0.15) is 44.1 Å². The van der Waals surface area contributed by atoms with Gasteiger partial charge in [0.25, 0.3) is 0 Å². The number of anilines is 1. The molecule has 2 aromatic rings. The average Bonchev–Trinajstić information content (AvgIpc) is 3.36. The van der Waals surface area contributed by atoms with Crippen molar-refractivity contribution in [3.8, 4) is 0 Å². The van der Waals surface area contributed by atoms with Crippen LogP contribution in [0.3, 0.4) is 0 Å².